The maximum atomic E-state index is 13.6. The first-order chi connectivity index (χ1) is 18.4. The summed E-state index contributed by atoms with van der Waals surface area (Å²) in [5.41, 5.74) is 3.96. The molecule has 0 aliphatic carbocycles. The van der Waals surface area contributed by atoms with E-state index in [9.17, 15) is 24.3 Å². The summed E-state index contributed by atoms with van der Waals surface area (Å²) in [6, 6.07) is 5.88. The maximum absolute atomic E-state index is 13.6. The number of thiazole rings is 1. The van der Waals surface area contributed by atoms with Crippen molar-refractivity contribution in [3.8, 4) is 22.8 Å². The van der Waals surface area contributed by atoms with Gasteiger partial charge in [-0.15, -0.1) is 17.8 Å². The lowest BCUT2D eigenvalue weighted by molar-refractivity contribution is -0.144. The van der Waals surface area contributed by atoms with Gasteiger partial charge >= 0.3 is 0 Å². The number of rotatable bonds is 9. The highest BCUT2D eigenvalue weighted by molar-refractivity contribution is 7.13. The number of aryl methyl sites for hydroxylation is 1. The van der Waals surface area contributed by atoms with Crippen molar-refractivity contribution in [2.75, 3.05) is 13.1 Å². The molecule has 1 fully saturated rings. The lowest BCUT2D eigenvalue weighted by atomic mass is 9.85. The molecule has 2 aromatic rings. The van der Waals surface area contributed by atoms with Crippen LogP contribution in [0.15, 0.2) is 29.8 Å². The fourth-order valence-corrected chi connectivity index (χ4v) is 5.16. The van der Waals surface area contributed by atoms with E-state index < -0.39 is 53.7 Å². The lowest BCUT2D eigenvalue weighted by Gasteiger charge is -2.35. The van der Waals surface area contributed by atoms with Crippen LogP contribution >= 0.6 is 11.3 Å². The van der Waals surface area contributed by atoms with Gasteiger partial charge in [0.05, 0.1) is 28.7 Å². The molecule has 10 nitrogen and oxygen atoms in total. The molecule has 3 rings (SSSR count). The summed E-state index contributed by atoms with van der Waals surface area (Å²) in [5.74, 6) is 0.158. The highest BCUT2D eigenvalue weighted by Crippen LogP contribution is 2.28. The third kappa shape index (κ3) is 7.88. The Labute approximate surface area is 232 Å². The van der Waals surface area contributed by atoms with Crippen molar-refractivity contribution in [3.63, 3.8) is 0 Å². The van der Waals surface area contributed by atoms with E-state index in [2.05, 4.69) is 26.9 Å². The van der Waals surface area contributed by atoms with E-state index >= 15 is 0 Å². The molecule has 0 saturated carbocycles. The Bertz CT molecular complexity index is 1240. The zero-order valence-corrected chi connectivity index (χ0v) is 23.4. The molecule has 1 aromatic carbocycles. The van der Waals surface area contributed by atoms with Gasteiger partial charge in [-0.3, -0.25) is 19.2 Å². The van der Waals surface area contributed by atoms with Crippen molar-refractivity contribution in [3.05, 3.63) is 41.0 Å². The zero-order valence-electron chi connectivity index (χ0n) is 22.6. The molecule has 4 N–H and O–H groups in total. The van der Waals surface area contributed by atoms with Gasteiger partial charge in [-0.05, 0) is 23.5 Å². The number of aromatic nitrogens is 1. The molecule has 0 spiro atoms. The molecule has 0 unspecified atom stereocenters. The van der Waals surface area contributed by atoms with Gasteiger partial charge in [0.25, 0.3) is 0 Å². The number of benzene rings is 1. The third-order valence-corrected chi connectivity index (χ3v) is 7.40. The Morgan fingerprint density at radius 2 is 1.87 bits per heavy atom. The maximum Gasteiger partial charge on any atom is 0.246 e. The first-order valence-corrected chi connectivity index (χ1v) is 13.5. The second kappa shape index (κ2) is 12.9. The Morgan fingerprint density at radius 1 is 1.18 bits per heavy atom. The number of hydrogen-bond acceptors (Lipinski definition) is 7. The zero-order chi connectivity index (χ0) is 28.7. The molecule has 1 aliphatic heterocycles. The van der Waals surface area contributed by atoms with Crippen LogP contribution in [0.1, 0.15) is 44.9 Å². The van der Waals surface area contributed by atoms with Crippen LogP contribution < -0.4 is 16.0 Å². The van der Waals surface area contributed by atoms with Gasteiger partial charge in [0.2, 0.25) is 23.6 Å². The number of likely N-dealkylation sites (tertiary alicyclic amines) is 1. The van der Waals surface area contributed by atoms with Crippen LogP contribution in [-0.2, 0) is 25.7 Å². The minimum Gasteiger partial charge on any atom is -0.391 e. The molecule has 208 valence electrons. The van der Waals surface area contributed by atoms with E-state index in [0.717, 1.165) is 21.7 Å². The average molecular weight is 554 g/mol. The number of carbonyl (C=O) groups excluding carboxylic acids is 4. The molecule has 0 bridgehead atoms. The summed E-state index contributed by atoms with van der Waals surface area (Å²) >= 11 is 1.56. The van der Waals surface area contributed by atoms with Crippen molar-refractivity contribution in [1.29, 1.82) is 0 Å². The van der Waals surface area contributed by atoms with Crippen LogP contribution in [0.25, 0.3) is 10.4 Å². The summed E-state index contributed by atoms with van der Waals surface area (Å²) in [4.78, 5) is 57.8. The first kappa shape index (κ1) is 29.8. The van der Waals surface area contributed by atoms with Crippen LogP contribution in [0.5, 0.6) is 0 Å². The van der Waals surface area contributed by atoms with Gasteiger partial charge in [-0.2, -0.15) is 0 Å². The Kier molecular flexibility index (Phi) is 9.83. The number of β-amino-alcohol motifs (C(OH)–C–C–N with tert-alkyl or cyclic N) is 1. The minimum atomic E-state index is -1.02. The quantitative estimate of drug-likeness (QED) is 0.273. The fourth-order valence-electron chi connectivity index (χ4n) is 4.35. The van der Waals surface area contributed by atoms with Crippen LogP contribution in [0.4, 0.5) is 0 Å². The molecule has 2 heterocycles. The second-order valence-electron chi connectivity index (χ2n) is 10.6. The third-order valence-electron chi connectivity index (χ3n) is 6.42. The van der Waals surface area contributed by atoms with Gasteiger partial charge in [0.1, 0.15) is 18.5 Å². The summed E-state index contributed by atoms with van der Waals surface area (Å²) in [6.07, 6.45) is 3.83. The molecule has 1 aliphatic rings. The van der Waals surface area contributed by atoms with Crippen molar-refractivity contribution in [1.82, 2.24) is 25.8 Å². The van der Waals surface area contributed by atoms with Crippen molar-refractivity contribution in [2.24, 2.45) is 5.41 Å². The predicted octanol–water partition coefficient (Wildman–Crippen LogP) is 1.37. The summed E-state index contributed by atoms with van der Waals surface area (Å²) < 4.78 is 0. The summed E-state index contributed by atoms with van der Waals surface area (Å²) in [6.45, 7) is 7.48. The van der Waals surface area contributed by atoms with Gasteiger partial charge in [-0.25, -0.2) is 4.98 Å². The molecule has 1 aromatic heterocycles. The van der Waals surface area contributed by atoms with Gasteiger partial charge < -0.3 is 26.0 Å². The standard InChI is InChI=1S/C28H35N5O5S/c1-6-11-29-22(35)13-23(36)32-25(28(3,4)5)27(38)33-15-20(34)12-21(33)26(37)30-14-18-7-9-19(10-8-18)24-17(2)31-16-39-24/h1,7-10,16,20-21,25,34H,11-15H2,2-5H3,(H,29,35)(H,30,37)(H,32,36)/t20-,21+,25-/m1/s1. The van der Waals surface area contributed by atoms with Crippen LogP contribution in [0.2, 0.25) is 0 Å². The normalized spacial score (nSPS) is 17.7. The number of terminal acetylenes is 1. The molecule has 0 radical (unpaired) electrons. The smallest absolute Gasteiger partial charge is 0.246 e. The molecule has 4 amide bonds. The number of amides is 4. The highest BCUT2D eigenvalue weighted by atomic mass is 32.1. The molecule has 11 heteroatoms. The Hall–Kier alpha value is -3.75. The topological polar surface area (TPSA) is 141 Å². The number of nitrogens with one attached hydrogen (secondary N) is 3. The SMILES string of the molecule is C#CCNC(=O)CC(=O)N[C@H](C(=O)N1C[C@H](O)C[C@H]1C(=O)NCc1ccc(-c2scnc2C)cc1)C(C)(C)C. The van der Waals surface area contributed by atoms with Crippen molar-refractivity contribution in [2.45, 2.75) is 65.3 Å². The van der Waals surface area contributed by atoms with Crippen molar-refractivity contribution >= 4 is 35.0 Å². The first-order valence-electron chi connectivity index (χ1n) is 12.7. The van der Waals surface area contributed by atoms with Crippen molar-refractivity contribution < 1.29 is 24.3 Å². The van der Waals surface area contributed by atoms with Crippen LogP contribution in [0, 0.1) is 24.7 Å². The van der Waals surface area contributed by atoms with E-state index in [-0.39, 0.29) is 26.1 Å². The largest absolute Gasteiger partial charge is 0.391 e. The van der Waals surface area contributed by atoms with Gasteiger partial charge in [0.15, 0.2) is 0 Å². The van der Waals surface area contributed by atoms with E-state index in [0.29, 0.717) is 0 Å². The van der Waals surface area contributed by atoms with E-state index in [4.69, 9.17) is 6.42 Å². The molecular formula is C28H35N5O5S. The monoisotopic (exact) mass is 553 g/mol. The van der Waals surface area contributed by atoms with E-state index in [1.807, 2.05) is 31.2 Å². The predicted molar refractivity (Wildman–Crippen MR) is 148 cm³/mol. The number of aliphatic hydroxyl groups is 1. The summed E-state index contributed by atoms with van der Waals surface area (Å²) in [5, 5.41) is 18.2. The van der Waals surface area contributed by atoms with Crippen LogP contribution in [-0.4, -0.2) is 69.9 Å². The highest BCUT2D eigenvalue weighted by Gasteiger charge is 2.44. The van der Waals surface area contributed by atoms with Gasteiger partial charge in [-0.1, -0.05) is 51.0 Å². The molecule has 39 heavy (non-hydrogen) atoms. The molecule has 3 atom stereocenters. The van der Waals surface area contributed by atoms with Gasteiger partial charge in [0, 0.05) is 19.5 Å². The number of aliphatic hydroxyl groups excluding tert-OH is 1. The average Bonchev–Trinajstić information content (AvgIpc) is 3.49. The number of nitrogens with zero attached hydrogens (tertiary/aromatic N) is 2. The minimum absolute atomic E-state index is 0.00781. The molecular weight excluding hydrogens is 518 g/mol. The lowest BCUT2D eigenvalue weighted by Crippen LogP contribution is -2.58. The number of carbonyl (C=O) groups is 4. The van der Waals surface area contributed by atoms with E-state index in [1.54, 1.807) is 37.6 Å². The molecule has 1 saturated heterocycles. The van der Waals surface area contributed by atoms with Crippen LogP contribution in [0.3, 0.4) is 0 Å². The Morgan fingerprint density at radius 3 is 2.46 bits per heavy atom. The second-order valence-corrected chi connectivity index (χ2v) is 11.5. The van der Waals surface area contributed by atoms with E-state index in [1.165, 1.54) is 4.90 Å². The Balaban J connectivity index is 1.65. The number of hydrogen-bond donors (Lipinski definition) is 4. The fraction of sp³-hybridized carbons (Fsp3) is 0.464. The summed E-state index contributed by atoms with van der Waals surface area (Å²) in [7, 11) is 0.